The molecule has 0 saturated heterocycles. The normalized spacial score (nSPS) is 10.9. The maximum absolute atomic E-state index is 10.8. The van der Waals surface area contributed by atoms with Crippen LogP contribution in [0.3, 0.4) is 0 Å². The first kappa shape index (κ1) is 14.6. The molecular formula is C14H17N3O2S. The van der Waals surface area contributed by atoms with Crippen LogP contribution in [0.5, 0.6) is 0 Å². The molecule has 106 valence electrons. The van der Waals surface area contributed by atoms with E-state index in [9.17, 15) is 10.1 Å². The minimum atomic E-state index is -0.388. The zero-order valence-corrected chi connectivity index (χ0v) is 12.3. The maximum atomic E-state index is 10.8. The number of hydrogen-bond acceptors (Lipinski definition) is 5. The first-order valence-electron chi connectivity index (χ1n) is 6.46. The average molecular weight is 291 g/mol. The van der Waals surface area contributed by atoms with Gasteiger partial charge in [-0.2, -0.15) is 0 Å². The number of benzene rings is 1. The van der Waals surface area contributed by atoms with Gasteiger partial charge in [0.2, 0.25) is 0 Å². The lowest BCUT2D eigenvalue weighted by atomic mass is 10.1. The summed E-state index contributed by atoms with van der Waals surface area (Å²) in [6.45, 7) is 6.00. The fourth-order valence-electron chi connectivity index (χ4n) is 1.77. The van der Waals surface area contributed by atoms with Gasteiger partial charge in [-0.15, -0.1) is 11.3 Å². The van der Waals surface area contributed by atoms with Gasteiger partial charge in [-0.25, -0.2) is 4.98 Å². The highest BCUT2D eigenvalue weighted by Crippen LogP contribution is 2.25. The quantitative estimate of drug-likeness (QED) is 0.653. The second-order valence-corrected chi connectivity index (χ2v) is 5.90. The van der Waals surface area contributed by atoms with Crippen LogP contribution in [0.25, 0.3) is 11.3 Å². The molecule has 1 aromatic carbocycles. The lowest BCUT2D eigenvalue weighted by Gasteiger charge is -2.04. The number of nitrogens with zero attached hydrogens (tertiary/aromatic N) is 2. The number of thiazole rings is 1. The van der Waals surface area contributed by atoms with Crippen LogP contribution >= 0.6 is 11.3 Å². The summed E-state index contributed by atoms with van der Waals surface area (Å²) in [4.78, 5) is 14.9. The standard InChI is InChI=1S/C14H17N3O2S/c1-10(2)7-15-8-14-16-13(9-20-14)11-4-3-5-12(6-11)17(18)19/h3-6,9-10,15H,7-8H2,1-2H3. The van der Waals surface area contributed by atoms with E-state index in [-0.39, 0.29) is 10.6 Å². The molecule has 1 N–H and O–H groups in total. The molecule has 0 unspecified atom stereocenters. The van der Waals surface area contributed by atoms with E-state index in [0.29, 0.717) is 5.92 Å². The van der Waals surface area contributed by atoms with Crippen LogP contribution in [0.2, 0.25) is 0 Å². The Balaban J connectivity index is 2.08. The van der Waals surface area contributed by atoms with Crippen molar-refractivity contribution in [1.82, 2.24) is 10.3 Å². The second kappa shape index (κ2) is 6.58. The maximum Gasteiger partial charge on any atom is 0.270 e. The molecule has 0 aliphatic heterocycles. The lowest BCUT2D eigenvalue weighted by Crippen LogP contribution is -2.18. The summed E-state index contributed by atoms with van der Waals surface area (Å²) in [6.07, 6.45) is 0. The Hall–Kier alpha value is -1.79. The number of nitro benzene ring substituents is 1. The molecule has 0 saturated carbocycles. The topological polar surface area (TPSA) is 68.1 Å². The zero-order valence-electron chi connectivity index (χ0n) is 11.5. The molecule has 6 heteroatoms. The van der Waals surface area contributed by atoms with E-state index in [4.69, 9.17) is 0 Å². The van der Waals surface area contributed by atoms with Crippen LogP contribution < -0.4 is 5.32 Å². The summed E-state index contributed by atoms with van der Waals surface area (Å²) in [7, 11) is 0. The van der Waals surface area contributed by atoms with Crippen molar-refractivity contribution in [1.29, 1.82) is 0 Å². The number of rotatable bonds is 6. The highest BCUT2D eigenvalue weighted by molar-refractivity contribution is 7.09. The predicted molar refractivity (Wildman–Crippen MR) is 80.7 cm³/mol. The molecule has 5 nitrogen and oxygen atoms in total. The van der Waals surface area contributed by atoms with Crippen molar-refractivity contribution in [3.05, 3.63) is 44.8 Å². The summed E-state index contributed by atoms with van der Waals surface area (Å²) < 4.78 is 0. The van der Waals surface area contributed by atoms with E-state index >= 15 is 0 Å². The number of non-ortho nitro benzene ring substituents is 1. The fraction of sp³-hybridized carbons (Fsp3) is 0.357. The van der Waals surface area contributed by atoms with Crippen LogP contribution in [0, 0.1) is 16.0 Å². The molecule has 0 aliphatic rings. The molecule has 2 aromatic rings. The first-order valence-corrected chi connectivity index (χ1v) is 7.34. The molecule has 0 amide bonds. The Kier molecular flexibility index (Phi) is 4.81. The lowest BCUT2D eigenvalue weighted by molar-refractivity contribution is -0.384. The van der Waals surface area contributed by atoms with Crippen molar-refractivity contribution in [2.45, 2.75) is 20.4 Å². The van der Waals surface area contributed by atoms with Gasteiger partial charge in [-0.3, -0.25) is 10.1 Å². The smallest absolute Gasteiger partial charge is 0.270 e. The molecule has 2 rings (SSSR count). The van der Waals surface area contributed by atoms with Crippen molar-refractivity contribution >= 4 is 17.0 Å². The zero-order chi connectivity index (χ0) is 14.5. The Bertz CT molecular complexity index is 596. The van der Waals surface area contributed by atoms with Crippen molar-refractivity contribution < 1.29 is 4.92 Å². The van der Waals surface area contributed by atoms with Gasteiger partial charge in [-0.05, 0) is 12.5 Å². The Morgan fingerprint density at radius 2 is 2.25 bits per heavy atom. The van der Waals surface area contributed by atoms with E-state index < -0.39 is 0 Å². The molecular weight excluding hydrogens is 274 g/mol. The third-order valence-corrected chi connectivity index (χ3v) is 3.58. The number of hydrogen-bond donors (Lipinski definition) is 1. The molecule has 0 fully saturated rings. The van der Waals surface area contributed by atoms with E-state index in [1.807, 2.05) is 11.4 Å². The minimum Gasteiger partial charge on any atom is -0.310 e. The van der Waals surface area contributed by atoms with E-state index in [0.717, 1.165) is 29.4 Å². The highest BCUT2D eigenvalue weighted by atomic mass is 32.1. The van der Waals surface area contributed by atoms with Gasteiger partial charge in [0, 0.05) is 29.6 Å². The van der Waals surface area contributed by atoms with Crippen molar-refractivity contribution in [3.8, 4) is 11.3 Å². The monoisotopic (exact) mass is 291 g/mol. The van der Waals surface area contributed by atoms with E-state index in [1.165, 1.54) is 6.07 Å². The largest absolute Gasteiger partial charge is 0.310 e. The summed E-state index contributed by atoms with van der Waals surface area (Å²) in [5.41, 5.74) is 1.67. The van der Waals surface area contributed by atoms with E-state index in [2.05, 4.69) is 24.1 Å². The number of aromatic nitrogens is 1. The Labute approximate surface area is 121 Å². The van der Waals surface area contributed by atoms with Crippen LogP contribution in [0.15, 0.2) is 29.6 Å². The number of nitro groups is 1. The predicted octanol–water partition coefficient (Wildman–Crippen LogP) is 3.46. The van der Waals surface area contributed by atoms with Crippen molar-refractivity contribution in [3.63, 3.8) is 0 Å². The minimum absolute atomic E-state index is 0.0926. The highest BCUT2D eigenvalue weighted by Gasteiger charge is 2.09. The summed E-state index contributed by atoms with van der Waals surface area (Å²) in [5.74, 6) is 0.603. The van der Waals surface area contributed by atoms with Gasteiger partial charge < -0.3 is 5.32 Å². The Morgan fingerprint density at radius 3 is 2.95 bits per heavy atom. The van der Waals surface area contributed by atoms with Crippen LogP contribution in [-0.2, 0) is 6.54 Å². The third-order valence-electron chi connectivity index (χ3n) is 2.73. The average Bonchev–Trinajstić information content (AvgIpc) is 2.87. The molecule has 0 radical (unpaired) electrons. The molecule has 20 heavy (non-hydrogen) atoms. The van der Waals surface area contributed by atoms with Crippen LogP contribution in [0.1, 0.15) is 18.9 Å². The molecule has 1 heterocycles. The van der Waals surface area contributed by atoms with Crippen molar-refractivity contribution in [2.24, 2.45) is 5.92 Å². The van der Waals surface area contributed by atoms with Crippen molar-refractivity contribution in [2.75, 3.05) is 6.54 Å². The van der Waals surface area contributed by atoms with Gasteiger partial charge >= 0.3 is 0 Å². The van der Waals surface area contributed by atoms with Crippen LogP contribution in [-0.4, -0.2) is 16.5 Å². The number of nitrogens with one attached hydrogen (secondary N) is 1. The molecule has 0 spiro atoms. The summed E-state index contributed by atoms with van der Waals surface area (Å²) in [5, 5.41) is 17.0. The summed E-state index contributed by atoms with van der Waals surface area (Å²) >= 11 is 1.57. The van der Waals surface area contributed by atoms with Gasteiger partial charge in [-0.1, -0.05) is 26.0 Å². The molecule has 1 aromatic heterocycles. The third kappa shape index (κ3) is 3.85. The summed E-state index contributed by atoms with van der Waals surface area (Å²) in [6, 6.07) is 6.57. The van der Waals surface area contributed by atoms with E-state index in [1.54, 1.807) is 23.5 Å². The van der Waals surface area contributed by atoms with Gasteiger partial charge in [0.25, 0.3) is 5.69 Å². The van der Waals surface area contributed by atoms with Crippen LogP contribution in [0.4, 0.5) is 5.69 Å². The SMILES string of the molecule is CC(C)CNCc1nc(-c2cccc([N+](=O)[O-])c2)cs1. The fourth-order valence-corrected chi connectivity index (χ4v) is 2.54. The first-order chi connectivity index (χ1) is 9.56. The molecule has 0 bridgehead atoms. The van der Waals surface area contributed by atoms with Gasteiger partial charge in [0.05, 0.1) is 10.6 Å². The molecule has 0 aliphatic carbocycles. The second-order valence-electron chi connectivity index (χ2n) is 4.96. The Morgan fingerprint density at radius 1 is 1.45 bits per heavy atom. The van der Waals surface area contributed by atoms with Gasteiger partial charge in [0.15, 0.2) is 0 Å². The molecule has 0 atom stereocenters. The van der Waals surface area contributed by atoms with Gasteiger partial charge in [0.1, 0.15) is 5.01 Å².